The lowest BCUT2D eigenvalue weighted by molar-refractivity contribution is -0.384. The zero-order valence-electron chi connectivity index (χ0n) is 10.9. The van der Waals surface area contributed by atoms with Gasteiger partial charge in [0.05, 0.1) is 24.7 Å². The minimum absolute atomic E-state index is 0.0185. The lowest BCUT2D eigenvalue weighted by Crippen LogP contribution is -2.01. The van der Waals surface area contributed by atoms with Crippen molar-refractivity contribution in [2.45, 2.75) is 6.42 Å². The molecule has 0 atom stereocenters. The molecule has 2 rings (SSSR count). The fourth-order valence-corrected chi connectivity index (χ4v) is 2.27. The quantitative estimate of drug-likeness (QED) is 0.471. The molecule has 0 aliphatic carbocycles. The molecule has 0 spiro atoms. The Balaban J connectivity index is 2.75. The van der Waals surface area contributed by atoms with E-state index < -0.39 is 4.92 Å². The van der Waals surface area contributed by atoms with Crippen LogP contribution in [0.2, 0.25) is 0 Å². The third kappa shape index (κ3) is 2.64. The molecule has 1 aromatic heterocycles. The van der Waals surface area contributed by atoms with Crippen molar-refractivity contribution in [1.29, 1.82) is 0 Å². The van der Waals surface area contributed by atoms with Crippen LogP contribution >= 0.6 is 15.9 Å². The molecule has 0 fully saturated rings. The summed E-state index contributed by atoms with van der Waals surface area (Å²) in [5, 5.41) is 11.6. The number of hydrogen-bond acceptors (Lipinski definition) is 6. The van der Waals surface area contributed by atoms with Crippen LogP contribution in [-0.2, 0) is 6.42 Å². The Kier molecular flexibility index (Phi) is 4.33. The normalized spacial score (nSPS) is 10.6. The third-order valence-corrected chi connectivity index (χ3v) is 3.13. The Morgan fingerprint density at radius 2 is 1.90 bits per heavy atom. The summed E-state index contributed by atoms with van der Waals surface area (Å²) in [7, 11) is 2.91. The van der Waals surface area contributed by atoms with Crippen molar-refractivity contribution < 1.29 is 14.4 Å². The van der Waals surface area contributed by atoms with Crippen LogP contribution < -0.4 is 9.47 Å². The molecule has 106 valence electrons. The van der Waals surface area contributed by atoms with Gasteiger partial charge >= 0.3 is 0 Å². The van der Waals surface area contributed by atoms with Gasteiger partial charge in [0.1, 0.15) is 5.52 Å². The molecule has 0 saturated heterocycles. The molecule has 0 aliphatic heterocycles. The summed E-state index contributed by atoms with van der Waals surface area (Å²) in [5.74, 6) is 0.454. The number of benzene rings is 1. The molecule has 7 nitrogen and oxygen atoms in total. The van der Waals surface area contributed by atoms with Crippen molar-refractivity contribution in [3.8, 4) is 11.8 Å². The lowest BCUT2D eigenvalue weighted by Gasteiger charge is -2.09. The molecule has 2 aromatic rings. The van der Waals surface area contributed by atoms with Gasteiger partial charge in [0.2, 0.25) is 0 Å². The number of hydrogen-bond donors (Lipinski definition) is 0. The molecule has 1 heterocycles. The van der Waals surface area contributed by atoms with Gasteiger partial charge in [-0.1, -0.05) is 15.9 Å². The lowest BCUT2D eigenvalue weighted by atomic mass is 10.1. The molecule has 0 amide bonds. The van der Waals surface area contributed by atoms with Gasteiger partial charge in [0.25, 0.3) is 17.4 Å². The number of methoxy groups -OCH3 is 2. The minimum Gasteiger partial charge on any atom is -0.477 e. The molecule has 0 aliphatic rings. The zero-order valence-corrected chi connectivity index (χ0v) is 12.5. The van der Waals surface area contributed by atoms with Gasteiger partial charge in [-0.15, -0.1) is 0 Å². The monoisotopic (exact) mass is 341 g/mol. The van der Waals surface area contributed by atoms with Gasteiger partial charge in [0.15, 0.2) is 0 Å². The fraction of sp³-hybridized carbons (Fsp3) is 0.333. The average Bonchev–Trinajstić information content (AvgIpc) is 2.45. The van der Waals surface area contributed by atoms with Crippen LogP contribution in [0.5, 0.6) is 11.8 Å². The van der Waals surface area contributed by atoms with E-state index in [1.165, 1.54) is 26.4 Å². The van der Waals surface area contributed by atoms with E-state index >= 15 is 0 Å². The van der Waals surface area contributed by atoms with Gasteiger partial charge in [-0.05, 0) is 12.0 Å². The Morgan fingerprint density at radius 1 is 1.25 bits per heavy atom. The number of nitrogens with zero attached hydrogens (tertiary/aromatic N) is 3. The number of fused-ring (bicyclic) bond motifs is 1. The van der Waals surface area contributed by atoms with Crippen molar-refractivity contribution in [3.63, 3.8) is 0 Å². The van der Waals surface area contributed by atoms with E-state index in [0.717, 1.165) is 5.56 Å². The second-order valence-corrected chi connectivity index (χ2v) is 4.70. The number of nitro groups is 1. The summed E-state index contributed by atoms with van der Waals surface area (Å²) < 4.78 is 10.2. The maximum Gasteiger partial charge on any atom is 0.278 e. The molecule has 0 unspecified atom stereocenters. The SMILES string of the molecule is COc1nc2cc([N+](=O)[O-])cc(CCBr)c2nc1OC. The molecule has 20 heavy (non-hydrogen) atoms. The first-order chi connectivity index (χ1) is 9.60. The summed E-state index contributed by atoms with van der Waals surface area (Å²) in [6, 6.07) is 2.88. The number of aromatic nitrogens is 2. The van der Waals surface area contributed by atoms with Crippen LogP contribution in [0, 0.1) is 10.1 Å². The zero-order chi connectivity index (χ0) is 14.7. The van der Waals surface area contributed by atoms with Crippen molar-refractivity contribution in [1.82, 2.24) is 9.97 Å². The topological polar surface area (TPSA) is 87.4 Å². The smallest absolute Gasteiger partial charge is 0.278 e. The molecule has 1 aromatic carbocycles. The molecular weight excluding hydrogens is 330 g/mol. The van der Waals surface area contributed by atoms with E-state index in [2.05, 4.69) is 25.9 Å². The largest absolute Gasteiger partial charge is 0.477 e. The van der Waals surface area contributed by atoms with Gasteiger partial charge in [-0.2, -0.15) is 0 Å². The van der Waals surface area contributed by atoms with E-state index in [9.17, 15) is 10.1 Å². The minimum atomic E-state index is -0.449. The molecule has 0 N–H and O–H groups in total. The highest BCUT2D eigenvalue weighted by Crippen LogP contribution is 2.30. The Bertz CT molecular complexity index is 663. The van der Waals surface area contributed by atoms with Crippen LogP contribution in [0.15, 0.2) is 12.1 Å². The van der Waals surface area contributed by atoms with Crippen LogP contribution in [0.4, 0.5) is 5.69 Å². The number of alkyl halides is 1. The summed E-state index contributed by atoms with van der Waals surface area (Å²) in [6.07, 6.45) is 0.600. The van der Waals surface area contributed by atoms with Crippen LogP contribution in [0.25, 0.3) is 11.0 Å². The molecule has 0 saturated carbocycles. The van der Waals surface area contributed by atoms with Gasteiger partial charge in [0, 0.05) is 17.5 Å². The predicted molar refractivity (Wildman–Crippen MR) is 76.8 cm³/mol. The molecule has 0 radical (unpaired) electrons. The average molecular weight is 342 g/mol. The number of rotatable bonds is 5. The standard InChI is InChI=1S/C12H12BrN3O4/c1-19-11-12(20-2)15-10-7(3-4-13)5-8(16(17)18)6-9(10)14-11/h5-6H,3-4H2,1-2H3. The predicted octanol–water partition coefficient (Wildman–Crippen LogP) is 2.49. The highest BCUT2D eigenvalue weighted by atomic mass is 79.9. The first-order valence-electron chi connectivity index (χ1n) is 5.73. The third-order valence-electron chi connectivity index (χ3n) is 2.73. The number of ether oxygens (including phenoxy) is 2. The van der Waals surface area contributed by atoms with Gasteiger partial charge in [-0.3, -0.25) is 10.1 Å². The Labute approximate surface area is 123 Å². The summed E-state index contributed by atoms with van der Waals surface area (Å²) >= 11 is 3.32. The molecule has 0 bridgehead atoms. The van der Waals surface area contributed by atoms with Crippen LogP contribution in [0.3, 0.4) is 0 Å². The second kappa shape index (κ2) is 6.00. The number of non-ortho nitro benzene ring substituents is 1. The first-order valence-corrected chi connectivity index (χ1v) is 6.85. The van der Waals surface area contributed by atoms with E-state index in [1.54, 1.807) is 0 Å². The maximum absolute atomic E-state index is 11.0. The van der Waals surface area contributed by atoms with Crippen molar-refractivity contribution >= 4 is 32.7 Å². The van der Waals surface area contributed by atoms with Crippen molar-refractivity contribution in [2.24, 2.45) is 0 Å². The van der Waals surface area contributed by atoms with E-state index in [4.69, 9.17) is 9.47 Å². The maximum atomic E-state index is 11.0. The Morgan fingerprint density at radius 3 is 2.45 bits per heavy atom. The number of nitro benzene ring substituents is 1. The fourth-order valence-electron chi connectivity index (χ4n) is 1.85. The van der Waals surface area contributed by atoms with Crippen LogP contribution in [0.1, 0.15) is 5.56 Å². The first kappa shape index (κ1) is 14.4. The van der Waals surface area contributed by atoms with Gasteiger partial charge < -0.3 is 9.47 Å². The van der Waals surface area contributed by atoms with E-state index in [-0.39, 0.29) is 17.4 Å². The van der Waals surface area contributed by atoms with Crippen molar-refractivity contribution in [2.75, 3.05) is 19.5 Å². The van der Waals surface area contributed by atoms with E-state index in [0.29, 0.717) is 22.8 Å². The molecule has 8 heteroatoms. The number of halogens is 1. The highest BCUT2D eigenvalue weighted by molar-refractivity contribution is 9.09. The van der Waals surface area contributed by atoms with Gasteiger partial charge in [-0.25, -0.2) is 9.97 Å². The van der Waals surface area contributed by atoms with Crippen LogP contribution in [-0.4, -0.2) is 34.4 Å². The Hall–Kier alpha value is -1.96. The van der Waals surface area contributed by atoms with Crippen molar-refractivity contribution in [3.05, 3.63) is 27.8 Å². The molecular formula is C12H12BrN3O4. The second-order valence-electron chi connectivity index (χ2n) is 3.91. The summed E-state index contributed by atoms with van der Waals surface area (Å²) in [6.45, 7) is 0. The highest BCUT2D eigenvalue weighted by Gasteiger charge is 2.17. The number of aryl methyl sites for hydroxylation is 1. The summed E-state index contributed by atoms with van der Waals surface area (Å²) in [5.41, 5.74) is 1.70. The summed E-state index contributed by atoms with van der Waals surface area (Å²) in [4.78, 5) is 19.1. The van der Waals surface area contributed by atoms with E-state index in [1.807, 2.05) is 0 Å².